The molecule has 1 amide bonds. The van der Waals surface area contributed by atoms with E-state index in [9.17, 15) is 17.6 Å². The second kappa shape index (κ2) is 8.32. The number of aromatic nitrogens is 2. The summed E-state index contributed by atoms with van der Waals surface area (Å²) in [5.41, 5.74) is 0.315. The number of carbonyl (C=O) groups excluding carboxylic acids is 1. The van der Waals surface area contributed by atoms with Gasteiger partial charge in [0.15, 0.2) is 0 Å². The SMILES string of the molecule is [2H]C1C([2H])(c2ccc(-c3cn(C)cn3)s2)NS(=O)(=O)N(C([2H])([2H])[2H])C1([2H])C(=O)Nc1ccc(F)c(Cl)c1. The summed E-state index contributed by atoms with van der Waals surface area (Å²) in [5, 5.41) is 1.74. The first-order valence-corrected chi connectivity index (χ1v) is 11.3. The zero-order valence-electron chi connectivity index (χ0n) is 21.8. The Morgan fingerprint density at radius 3 is 2.97 bits per heavy atom. The number of thiophene rings is 1. The van der Waals surface area contributed by atoms with Crippen LogP contribution in [0.5, 0.6) is 0 Å². The highest BCUT2D eigenvalue weighted by molar-refractivity contribution is 7.87. The molecule has 1 aromatic carbocycles. The van der Waals surface area contributed by atoms with Gasteiger partial charge in [0.2, 0.25) is 5.91 Å². The van der Waals surface area contributed by atoms with Crippen LogP contribution in [0.2, 0.25) is 5.02 Å². The van der Waals surface area contributed by atoms with E-state index < -0.39 is 56.7 Å². The van der Waals surface area contributed by atoms with Crippen LogP contribution in [-0.2, 0) is 22.1 Å². The molecule has 3 aromatic rings. The molecule has 0 spiro atoms. The van der Waals surface area contributed by atoms with Gasteiger partial charge in [-0.2, -0.15) is 17.4 Å². The molecule has 1 fully saturated rings. The Balaban J connectivity index is 1.82. The summed E-state index contributed by atoms with van der Waals surface area (Å²) in [7, 11) is -3.48. The molecule has 2 aromatic heterocycles. The van der Waals surface area contributed by atoms with Gasteiger partial charge in [-0.05, 0) is 36.7 Å². The van der Waals surface area contributed by atoms with Crippen molar-refractivity contribution in [2.75, 3.05) is 12.3 Å². The average molecular weight is 490 g/mol. The number of likely N-dealkylation sites (N-methyl/N-ethyl adjacent to an activating group) is 1. The molecule has 12 heteroatoms. The van der Waals surface area contributed by atoms with Gasteiger partial charge in [-0.25, -0.2) is 9.37 Å². The zero-order chi connectivity index (χ0) is 27.6. The first-order valence-electron chi connectivity index (χ1n) is 11.7. The Hall–Kier alpha value is -2.31. The van der Waals surface area contributed by atoms with Crippen LogP contribution in [0.15, 0.2) is 42.9 Å². The van der Waals surface area contributed by atoms with Crippen LogP contribution in [0.1, 0.15) is 25.5 Å². The van der Waals surface area contributed by atoms with Crippen LogP contribution < -0.4 is 10.0 Å². The standard InChI is InChI=1S/C19H19ClFN5O3S2/c1-25-9-15(22-10-25)18-6-5-17(30-18)14-8-16(26(2)31(28,29)24-14)19(27)23-11-3-4-13(21)12(20)7-11/h3-7,9-10,14,16,24H,8H2,1-2H3,(H,23,27)/i2D3,8D,14D,16D. The van der Waals surface area contributed by atoms with Gasteiger partial charge in [0, 0.05) is 36.3 Å². The number of anilines is 1. The molecule has 0 bridgehead atoms. The van der Waals surface area contributed by atoms with Crippen molar-refractivity contribution in [2.45, 2.75) is 18.4 Å². The van der Waals surface area contributed by atoms with Crippen LogP contribution >= 0.6 is 22.9 Å². The molecule has 31 heavy (non-hydrogen) atoms. The Bertz CT molecular complexity index is 1480. The number of nitrogens with zero attached hydrogens (tertiary/aromatic N) is 3. The van der Waals surface area contributed by atoms with Gasteiger partial charge < -0.3 is 9.88 Å². The van der Waals surface area contributed by atoms with Gasteiger partial charge in [-0.1, -0.05) is 11.6 Å². The van der Waals surface area contributed by atoms with Crippen LogP contribution in [0.25, 0.3) is 10.6 Å². The minimum atomic E-state index is -5.22. The lowest BCUT2D eigenvalue weighted by Crippen LogP contribution is -2.55. The molecule has 0 saturated carbocycles. The van der Waals surface area contributed by atoms with E-state index in [0.29, 0.717) is 10.6 Å². The molecule has 3 heterocycles. The molecule has 8 nitrogen and oxygen atoms in total. The molecule has 3 unspecified atom stereocenters. The van der Waals surface area contributed by atoms with E-state index in [1.54, 1.807) is 17.8 Å². The number of halogens is 2. The van der Waals surface area contributed by atoms with Gasteiger partial charge >= 0.3 is 0 Å². The van der Waals surface area contributed by atoms with Crippen molar-refractivity contribution in [1.82, 2.24) is 18.6 Å². The molecule has 1 aliphatic rings. The summed E-state index contributed by atoms with van der Waals surface area (Å²) < 4.78 is 92.7. The van der Waals surface area contributed by atoms with E-state index in [0.717, 1.165) is 29.5 Å². The number of hydrogen-bond acceptors (Lipinski definition) is 5. The number of carbonyl (C=O) groups is 1. The fraction of sp³-hybridized carbons (Fsp3) is 0.263. The Morgan fingerprint density at radius 1 is 1.48 bits per heavy atom. The van der Waals surface area contributed by atoms with E-state index in [1.165, 1.54) is 18.5 Å². The highest BCUT2D eigenvalue weighted by atomic mass is 35.5. The van der Waals surface area contributed by atoms with Crippen molar-refractivity contribution < 1.29 is 25.8 Å². The maximum atomic E-state index is 13.6. The predicted octanol–water partition coefficient (Wildman–Crippen LogP) is 3.16. The summed E-state index contributed by atoms with van der Waals surface area (Å²) >= 11 is 6.62. The lowest BCUT2D eigenvalue weighted by molar-refractivity contribution is -0.120. The summed E-state index contributed by atoms with van der Waals surface area (Å²) in [5.74, 6) is -2.37. The fourth-order valence-corrected chi connectivity index (χ4v) is 4.86. The van der Waals surface area contributed by atoms with E-state index >= 15 is 0 Å². The number of hydrogen-bond donors (Lipinski definition) is 2. The highest BCUT2D eigenvalue weighted by Crippen LogP contribution is 2.35. The van der Waals surface area contributed by atoms with Crippen molar-refractivity contribution in [3.63, 3.8) is 0 Å². The first kappa shape index (κ1) is 15.5. The lowest BCUT2D eigenvalue weighted by atomic mass is 10.1. The van der Waals surface area contributed by atoms with Crippen LogP contribution in [-0.4, -0.2) is 41.2 Å². The van der Waals surface area contributed by atoms with E-state index in [1.807, 2.05) is 4.72 Å². The summed E-state index contributed by atoms with van der Waals surface area (Å²) in [6.45, 7) is -3.58. The summed E-state index contributed by atoms with van der Waals surface area (Å²) in [4.78, 5) is 18.0. The number of nitrogens with one attached hydrogen (secondary N) is 2. The monoisotopic (exact) mass is 489 g/mol. The van der Waals surface area contributed by atoms with E-state index in [-0.39, 0.29) is 10.6 Å². The summed E-state index contributed by atoms with van der Waals surface area (Å²) in [6, 6.07) is -0.212. The van der Waals surface area contributed by atoms with Gasteiger partial charge in [-0.15, -0.1) is 11.3 Å². The van der Waals surface area contributed by atoms with Crippen molar-refractivity contribution in [1.29, 1.82) is 0 Å². The van der Waals surface area contributed by atoms with Gasteiger partial charge in [-0.3, -0.25) is 4.79 Å². The minimum Gasteiger partial charge on any atom is -0.340 e. The van der Waals surface area contributed by atoms with Crippen LogP contribution in [0.4, 0.5) is 10.1 Å². The molecule has 1 saturated heterocycles. The van der Waals surface area contributed by atoms with E-state index in [4.69, 9.17) is 19.8 Å². The third kappa shape index (κ3) is 4.51. The first-order chi connectivity index (χ1) is 17.0. The Kier molecular flexibility index (Phi) is 4.16. The molecule has 164 valence electrons. The largest absolute Gasteiger partial charge is 0.340 e. The lowest BCUT2D eigenvalue weighted by Gasteiger charge is -2.35. The number of amides is 1. The maximum absolute atomic E-state index is 13.6. The van der Waals surface area contributed by atoms with E-state index in [2.05, 4.69) is 10.3 Å². The topological polar surface area (TPSA) is 96.3 Å². The van der Waals surface area contributed by atoms with Crippen molar-refractivity contribution in [3.05, 3.63) is 58.6 Å². The van der Waals surface area contributed by atoms with Gasteiger partial charge in [0.25, 0.3) is 10.2 Å². The van der Waals surface area contributed by atoms with Gasteiger partial charge in [0.05, 0.1) is 30.7 Å². The zero-order valence-corrected chi connectivity index (χ0v) is 18.1. The Labute approximate surface area is 196 Å². The Morgan fingerprint density at radius 2 is 2.29 bits per heavy atom. The molecule has 0 aliphatic carbocycles. The van der Waals surface area contributed by atoms with Crippen molar-refractivity contribution in [3.8, 4) is 10.6 Å². The number of imidazole rings is 1. The molecular formula is C19H19ClFN5O3S2. The maximum Gasteiger partial charge on any atom is 0.280 e. The molecular weight excluding hydrogens is 465 g/mol. The fourth-order valence-electron chi connectivity index (χ4n) is 2.75. The highest BCUT2D eigenvalue weighted by Gasteiger charge is 2.41. The average Bonchev–Trinajstić information content (AvgIpc) is 3.42. The van der Waals surface area contributed by atoms with Crippen LogP contribution in [0.3, 0.4) is 0 Å². The van der Waals surface area contributed by atoms with Crippen molar-refractivity contribution in [2.24, 2.45) is 7.05 Å². The molecule has 4 rings (SSSR count). The quantitative estimate of drug-likeness (QED) is 0.588. The van der Waals surface area contributed by atoms with Crippen molar-refractivity contribution >= 4 is 44.7 Å². The third-order valence-corrected chi connectivity index (χ3v) is 6.80. The second-order valence-corrected chi connectivity index (χ2v) is 9.50. The third-order valence-electron chi connectivity index (χ3n) is 4.22. The van der Waals surface area contributed by atoms with Crippen LogP contribution in [0, 0.1) is 5.82 Å². The minimum absolute atomic E-state index is 0.0730. The number of benzene rings is 1. The summed E-state index contributed by atoms with van der Waals surface area (Å²) in [6.07, 6.45) is 0.869. The number of aryl methyl sites for hydroxylation is 1. The van der Waals surface area contributed by atoms with Gasteiger partial charge in [0.1, 0.15) is 11.8 Å². The molecule has 2 N–H and O–H groups in total. The predicted molar refractivity (Wildman–Crippen MR) is 118 cm³/mol. The number of rotatable bonds is 4. The smallest absolute Gasteiger partial charge is 0.280 e. The molecule has 1 aliphatic heterocycles. The normalized spacial score (nSPS) is 31.5. The molecule has 0 radical (unpaired) electrons. The second-order valence-electron chi connectivity index (χ2n) is 6.49. The molecule has 3 atom stereocenters.